The molecule has 0 saturated carbocycles. The summed E-state index contributed by atoms with van der Waals surface area (Å²) in [6.07, 6.45) is 0. The van der Waals surface area contributed by atoms with Crippen LogP contribution in [0.5, 0.6) is 11.5 Å². The lowest BCUT2D eigenvalue weighted by molar-refractivity contribution is 0.171. The Hall–Kier alpha value is -2.52. The Balaban J connectivity index is 1.75. The lowest BCUT2D eigenvalue weighted by Gasteiger charge is -2.19. The van der Waals surface area contributed by atoms with Crippen molar-refractivity contribution >= 4 is 27.0 Å². The molecule has 0 unspecified atom stereocenters. The van der Waals surface area contributed by atoms with E-state index < -0.39 is 10.0 Å². The quantitative estimate of drug-likeness (QED) is 0.707. The summed E-state index contributed by atoms with van der Waals surface area (Å²) in [5.41, 5.74) is 1.64. The van der Waals surface area contributed by atoms with Crippen LogP contribution in [-0.4, -0.2) is 26.8 Å². The van der Waals surface area contributed by atoms with Crippen molar-refractivity contribution in [2.45, 2.75) is 25.7 Å². The molecular weight excluding hydrogens is 388 g/mol. The predicted molar refractivity (Wildman–Crippen MR) is 102 cm³/mol. The monoisotopic (exact) mass is 406 g/mol. The van der Waals surface area contributed by atoms with Gasteiger partial charge in [0, 0.05) is 21.9 Å². The van der Waals surface area contributed by atoms with Crippen LogP contribution in [0.15, 0.2) is 33.7 Å². The minimum atomic E-state index is -3.84. The molecule has 3 heterocycles. The van der Waals surface area contributed by atoms with Gasteiger partial charge in [-0.25, -0.2) is 8.42 Å². The van der Waals surface area contributed by atoms with Gasteiger partial charge in [0.25, 0.3) is 10.0 Å². The topological polar surface area (TPSA) is 90.7 Å². The van der Waals surface area contributed by atoms with E-state index in [1.807, 2.05) is 6.92 Å². The second-order valence-corrected chi connectivity index (χ2v) is 9.26. The average Bonchev–Trinajstić information content (AvgIpc) is 3.17. The first-order valence-electron chi connectivity index (χ1n) is 8.31. The van der Waals surface area contributed by atoms with Crippen LogP contribution in [0.1, 0.15) is 15.4 Å². The first-order valence-corrected chi connectivity index (χ1v) is 10.6. The maximum atomic E-state index is 13.2. The van der Waals surface area contributed by atoms with Gasteiger partial charge in [-0.2, -0.15) is 0 Å². The van der Waals surface area contributed by atoms with Crippen molar-refractivity contribution in [2.75, 3.05) is 17.9 Å². The Morgan fingerprint density at radius 1 is 1.04 bits per heavy atom. The third kappa shape index (κ3) is 3.28. The van der Waals surface area contributed by atoms with Crippen LogP contribution in [-0.2, 0) is 10.0 Å². The third-order valence-corrected chi connectivity index (χ3v) is 6.84. The van der Waals surface area contributed by atoms with E-state index in [9.17, 15) is 8.42 Å². The van der Waals surface area contributed by atoms with Gasteiger partial charge in [-0.05, 0) is 32.9 Å². The zero-order valence-corrected chi connectivity index (χ0v) is 16.7. The van der Waals surface area contributed by atoms with Gasteiger partial charge in [-0.3, -0.25) is 4.72 Å². The van der Waals surface area contributed by atoms with Crippen molar-refractivity contribution < 1.29 is 22.4 Å². The number of thiophene rings is 1. The summed E-state index contributed by atoms with van der Waals surface area (Å²) < 4.78 is 45.3. The van der Waals surface area contributed by atoms with E-state index in [0.29, 0.717) is 52.3 Å². The van der Waals surface area contributed by atoms with Crippen molar-refractivity contribution in [3.05, 3.63) is 39.7 Å². The molecule has 7 nitrogen and oxygen atoms in total. The molecular formula is C18H18N2O5S2. The Morgan fingerprint density at radius 2 is 1.78 bits per heavy atom. The molecule has 27 heavy (non-hydrogen) atoms. The Kier molecular flexibility index (Phi) is 4.35. The highest BCUT2D eigenvalue weighted by Crippen LogP contribution is 2.40. The van der Waals surface area contributed by atoms with E-state index in [0.717, 1.165) is 4.88 Å². The lowest BCUT2D eigenvalue weighted by Crippen LogP contribution is -2.17. The van der Waals surface area contributed by atoms with Crippen molar-refractivity contribution in [1.29, 1.82) is 0 Å². The third-order valence-electron chi connectivity index (χ3n) is 4.14. The molecule has 0 aliphatic carbocycles. The number of benzene rings is 1. The molecule has 0 radical (unpaired) electrons. The fourth-order valence-corrected chi connectivity index (χ4v) is 5.98. The van der Waals surface area contributed by atoms with Crippen LogP contribution in [0, 0.1) is 20.8 Å². The first-order chi connectivity index (χ1) is 12.8. The summed E-state index contributed by atoms with van der Waals surface area (Å²) in [6.45, 7) is 6.35. The van der Waals surface area contributed by atoms with Gasteiger partial charge in [-0.1, -0.05) is 5.16 Å². The van der Waals surface area contributed by atoms with Crippen molar-refractivity contribution in [3.63, 3.8) is 0 Å². The van der Waals surface area contributed by atoms with E-state index in [4.69, 9.17) is 14.0 Å². The van der Waals surface area contributed by atoms with Crippen LogP contribution >= 0.6 is 11.3 Å². The molecule has 1 aliphatic heterocycles. The summed E-state index contributed by atoms with van der Waals surface area (Å²) in [6, 6.07) is 6.70. The normalized spacial score (nSPS) is 13.6. The van der Waals surface area contributed by atoms with Crippen LogP contribution in [0.25, 0.3) is 11.3 Å². The molecule has 3 aromatic rings. The number of rotatable bonds is 4. The van der Waals surface area contributed by atoms with Gasteiger partial charge in [0.1, 0.15) is 18.1 Å². The zero-order valence-electron chi connectivity index (χ0n) is 15.0. The largest absolute Gasteiger partial charge is 0.486 e. The number of sulfonamides is 1. The fraction of sp³-hybridized carbons (Fsp3) is 0.278. The highest BCUT2D eigenvalue weighted by atomic mass is 32.2. The van der Waals surface area contributed by atoms with Gasteiger partial charge in [-0.15, -0.1) is 11.3 Å². The molecule has 1 aliphatic rings. The minimum Gasteiger partial charge on any atom is -0.486 e. The van der Waals surface area contributed by atoms with Gasteiger partial charge in [0.15, 0.2) is 17.3 Å². The number of hydrogen-bond donors (Lipinski definition) is 1. The second-order valence-electron chi connectivity index (χ2n) is 6.22. The summed E-state index contributed by atoms with van der Waals surface area (Å²) in [7, 11) is -3.84. The van der Waals surface area contributed by atoms with E-state index >= 15 is 0 Å². The molecule has 0 spiro atoms. The van der Waals surface area contributed by atoms with Gasteiger partial charge < -0.3 is 14.0 Å². The van der Waals surface area contributed by atoms with Crippen molar-refractivity contribution in [1.82, 2.24) is 5.16 Å². The van der Waals surface area contributed by atoms with Crippen LogP contribution in [0.2, 0.25) is 0 Å². The maximum Gasteiger partial charge on any atom is 0.263 e. The fourth-order valence-electron chi connectivity index (χ4n) is 3.07. The van der Waals surface area contributed by atoms with E-state index in [2.05, 4.69) is 9.88 Å². The van der Waals surface area contributed by atoms with Crippen LogP contribution in [0.3, 0.4) is 0 Å². The van der Waals surface area contributed by atoms with E-state index in [-0.39, 0.29) is 4.90 Å². The molecule has 9 heteroatoms. The molecule has 0 amide bonds. The second kappa shape index (κ2) is 6.58. The van der Waals surface area contributed by atoms with Crippen molar-refractivity contribution in [3.8, 4) is 22.8 Å². The smallest absolute Gasteiger partial charge is 0.263 e. The molecule has 1 aromatic carbocycles. The van der Waals surface area contributed by atoms with Gasteiger partial charge in [0.2, 0.25) is 0 Å². The summed E-state index contributed by atoms with van der Waals surface area (Å²) in [5.74, 6) is 1.56. The number of ether oxygens (including phenoxy) is 2. The number of aryl methyl sites for hydroxylation is 3. The maximum absolute atomic E-state index is 13.2. The predicted octanol–water partition coefficient (Wildman–Crippen LogP) is 3.90. The number of fused-ring (bicyclic) bond motifs is 1. The molecule has 2 aromatic heterocycles. The molecule has 0 fully saturated rings. The van der Waals surface area contributed by atoms with E-state index in [1.54, 1.807) is 38.1 Å². The highest BCUT2D eigenvalue weighted by molar-refractivity contribution is 7.93. The van der Waals surface area contributed by atoms with Gasteiger partial charge in [0.05, 0.1) is 16.9 Å². The lowest BCUT2D eigenvalue weighted by atomic mass is 10.2. The molecule has 1 N–H and O–H groups in total. The van der Waals surface area contributed by atoms with Crippen LogP contribution in [0.4, 0.5) is 5.69 Å². The Morgan fingerprint density at radius 3 is 2.48 bits per heavy atom. The number of anilines is 1. The summed E-state index contributed by atoms with van der Waals surface area (Å²) in [4.78, 5) is 1.74. The Bertz CT molecular complexity index is 1110. The zero-order chi connectivity index (χ0) is 19.2. The number of nitrogens with one attached hydrogen (secondary N) is 1. The number of aromatic nitrogens is 1. The van der Waals surface area contributed by atoms with Crippen LogP contribution < -0.4 is 14.2 Å². The Labute approximate surface area is 161 Å². The summed E-state index contributed by atoms with van der Waals surface area (Å²) in [5, 5.41) is 3.88. The molecule has 0 bridgehead atoms. The highest BCUT2D eigenvalue weighted by Gasteiger charge is 2.28. The molecule has 0 atom stereocenters. The number of hydrogen-bond acceptors (Lipinski definition) is 7. The average molecular weight is 406 g/mol. The van der Waals surface area contributed by atoms with Crippen molar-refractivity contribution in [2.24, 2.45) is 0 Å². The molecule has 142 valence electrons. The summed E-state index contributed by atoms with van der Waals surface area (Å²) >= 11 is 1.41. The first kappa shape index (κ1) is 17.9. The molecule has 4 rings (SSSR count). The number of nitrogens with zero attached hydrogens (tertiary/aromatic N) is 1. The standard InChI is InChI=1S/C18H18N2O5S2/c1-10-8-16(25-19-10)17-11(2)26-12(3)18(17)27(21,22)20-13-4-5-14-15(9-13)24-7-6-23-14/h4-5,8-9,20H,6-7H2,1-3H3. The minimum absolute atomic E-state index is 0.205. The van der Waals surface area contributed by atoms with E-state index in [1.165, 1.54) is 11.3 Å². The van der Waals surface area contributed by atoms with Gasteiger partial charge >= 0.3 is 0 Å². The molecule has 0 saturated heterocycles. The SMILES string of the molecule is Cc1cc(-c2c(C)sc(C)c2S(=O)(=O)Nc2ccc3c(c2)OCCO3)on1.